The number of carbonyl (C=O) groups is 1. The van der Waals surface area contributed by atoms with E-state index in [9.17, 15) is 20.0 Å². The van der Waals surface area contributed by atoms with E-state index in [0.29, 0.717) is 0 Å². The summed E-state index contributed by atoms with van der Waals surface area (Å²) < 4.78 is 5.19. The van der Waals surface area contributed by atoms with Crippen molar-refractivity contribution in [2.45, 2.75) is 0 Å². The maximum Gasteiger partial charge on any atom is 0.338 e. The van der Waals surface area contributed by atoms with E-state index in [1.54, 1.807) is 13.2 Å². The maximum atomic E-state index is 11.3. The Bertz CT molecular complexity index is 1040. The molecule has 0 aliphatic heterocycles. The van der Waals surface area contributed by atoms with E-state index >= 15 is 0 Å². The average Bonchev–Trinajstić information content (AvgIpc) is 2.65. The highest BCUT2D eigenvalue weighted by atomic mass is 16.6. The summed E-state index contributed by atoms with van der Waals surface area (Å²) in [6.07, 6.45) is 4.28. The third-order valence-electron chi connectivity index (χ3n) is 3.85. The second-order valence-corrected chi connectivity index (χ2v) is 5.49. The van der Waals surface area contributed by atoms with Crippen LogP contribution in [0.15, 0.2) is 48.7 Å². The summed E-state index contributed by atoms with van der Waals surface area (Å²) in [5.74, 6) is -0.506. The first kappa shape index (κ1) is 17.1. The lowest BCUT2D eigenvalue weighted by Crippen LogP contribution is -2.03. The lowest BCUT2D eigenvalue weighted by molar-refractivity contribution is -0.385. The van der Waals surface area contributed by atoms with Crippen molar-refractivity contribution in [2.75, 3.05) is 7.11 Å². The molecule has 3 rings (SSSR count). The fourth-order valence-electron chi connectivity index (χ4n) is 2.52. The molecule has 0 unspecified atom stereocenters. The van der Waals surface area contributed by atoms with Gasteiger partial charge in [0.2, 0.25) is 0 Å². The molecule has 0 fully saturated rings. The van der Waals surface area contributed by atoms with Crippen LogP contribution in [0, 0.1) is 10.1 Å². The number of methoxy groups -OCH3 is 1. The molecule has 3 aromatic rings. The molecule has 1 N–H and O–H groups in total. The van der Waals surface area contributed by atoms with Gasteiger partial charge in [-0.05, 0) is 40.6 Å². The molecule has 0 bridgehead atoms. The number of fused-ring (bicyclic) bond motifs is 1. The third kappa shape index (κ3) is 3.51. The fourth-order valence-corrected chi connectivity index (χ4v) is 2.52. The molecular formula is C19H14N2O5. The molecule has 1 heterocycles. The van der Waals surface area contributed by atoms with Crippen molar-refractivity contribution in [1.29, 1.82) is 0 Å². The van der Waals surface area contributed by atoms with Crippen LogP contribution in [0.2, 0.25) is 0 Å². The Kier molecular flexibility index (Phi) is 4.62. The second kappa shape index (κ2) is 7.02. The van der Waals surface area contributed by atoms with Gasteiger partial charge in [-0.2, -0.15) is 0 Å². The fraction of sp³-hybridized carbons (Fsp3) is 0.0526. The van der Waals surface area contributed by atoms with E-state index in [4.69, 9.17) is 4.74 Å². The van der Waals surface area contributed by atoms with E-state index in [-0.39, 0.29) is 16.9 Å². The van der Waals surface area contributed by atoms with Crippen molar-refractivity contribution in [1.82, 2.24) is 4.98 Å². The van der Waals surface area contributed by atoms with Crippen LogP contribution < -0.4 is 4.74 Å². The number of hydrogen-bond acceptors (Lipinski definition) is 5. The molecule has 0 spiro atoms. The summed E-state index contributed by atoms with van der Waals surface area (Å²) in [6, 6.07) is 12.5. The van der Waals surface area contributed by atoms with Crippen LogP contribution in [-0.2, 0) is 0 Å². The minimum Gasteiger partial charge on any atom is -0.497 e. The molecule has 0 amide bonds. The number of rotatable bonds is 5. The third-order valence-corrected chi connectivity index (χ3v) is 3.85. The Morgan fingerprint density at radius 2 is 1.88 bits per heavy atom. The number of aromatic nitrogens is 1. The van der Waals surface area contributed by atoms with Crippen molar-refractivity contribution < 1.29 is 19.6 Å². The van der Waals surface area contributed by atoms with E-state index in [1.807, 2.05) is 36.4 Å². The summed E-state index contributed by atoms with van der Waals surface area (Å²) in [5.41, 5.74) is 0.414. The summed E-state index contributed by atoms with van der Waals surface area (Å²) in [6.45, 7) is 0. The minimum atomic E-state index is -1.27. The smallest absolute Gasteiger partial charge is 0.338 e. The normalized spacial score (nSPS) is 11.0. The average molecular weight is 350 g/mol. The van der Waals surface area contributed by atoms with Crippen LogP contribution in [0.25, 0.3) is 22.9 Å². The Balaban J connectivity index is 1.95. The zero-order valence-electron chi connectivity index (χ0n) is 13.7. The molecule has 0 saturated heterocycles. The molecule has 0 aliphatic rings. The number of aromatic carboxylic acids is 1. The van der Waals surface area contributed by atoms with Gasteiger partial charge in [-0.1, -0.05) is 24.3 Å². The van der Waals surface area contributed by atoms with Crippen molar-refractivity contribution in [2.24, 2.45) is 0 Å². The molecule has 0 radical (unpaired) electrons. The molecule has 0 atom stereocenters. The van der Waals surface area contributed by atoms with Gasteiger partial charge in [-0.15, -0.1) is 0 Å². The van der Waals surface area contributed by atoms with Crippen LogP contribution in [0.4, 0.5) is 5.69 Å². The van der Waals surface area contributed by atoms with Crippen LogP contribution >= 0.6 is 0 Å². The van der Waals surface area contributed by atoms with Crippen LogP contribution in [0.1, 0.15) is 21.6 Å². The van der Waals surface area contributed by atoms with Crippen LogP contribution in [-0.4, -0.2) is 28.1 Å². The molecule has 1 aromatic heterocycles. The van der Waals surface area contributed by atoms with E-state index in [2.05, 4.69) is 4.98 Å². The zero-order chi connectivity index (χ0) is 18.7. The van der Waals surface area contributed by atoms with Gasteiger partial charge in [-0.3, -0.25) is 10.1 Å². The lowest BCUT2D eigenvalue weighted by Gasteiger charge is -2.04. The highest BCUT2D eigenvalue weighted by molar-refractivity contribution is 5.93. The predicted octanol–water partition coefficient (Wildman–Crippen LogP) is 4.02. The predicted molar refractivity (Wildman–Crippen MR) is 97.3 cm³/mol. The highest BCUT2D eigenvalue weighted by Gasteiger charge is 2.15. The Labute approximate surface area is 148 Å². The number of nitro groups is 1. The first-order valence-corrected chi connectivity index (χ1v) is 7.61. The molecule has 0 aliphatic carbocycles. The molecule has 2 aromatic carbocycles. The number of carboxylic acids is 1. The molecule has 7 heteroatoms. The van der Waals surface area contributed by atoms with Gasteiger partial charge in [0, 0.05) is 6.07 Å². The van der Waals surface area contributed by atoms with Crippen molar-refractivity contribution in [3.8, 4) is 5.75 Å². The van der Waals surface area contributed by atoms with Gasteiger partial charge in [0.1, 0.15) is 11.9 Å². The highest BCUT2D eigenvalue weighted by Crippen LogP contribution is 2.23. The van der Waals surface area contributed by atoms with Gasteiger partial charge in [0.15, 0.2) is 0 Å². The monoisotopic (exact) mass is 350 g/mol. The van der Waals surface area contributed by atoms with Gasteiger partial charge >= 0.3 is 5.97 Å². The number of pyridine rings is 1. The largest absolute Gasteiger partial charge is 0.497 e. The molecule has 26 heavy (non-hydrogen) atoms. The summed E-state index contributed by atoms with van der Waals surface area (Å²) in [5, 5.41) is 22.1. The van der Waals surface area contributed by atoms with Gasteiger partial charge in [0.05, 0.1) is 23.3 Å². The zero-order valence-corrected chi connectivity index (χ0v) is 13.7. The SMILES string of the molecule is COc1ccc2cc(/C=C/c3ncc([N+](=O)[O-])cc3C(=O)O)ccc2c1. The van der Waals surface area contributed by atoms with Gasteiger partial charge in [-0.25, -0.2) is 9.78 Å². The standard InChI is InChI=1S/C19H14N2O5/c1-26-16-6-5-13-8-12(2-4-14(13)9-16)3-7-18-17(19(22)23)10-15(11-20-18)21(24)25/h2-11H,1H3,(H,22,23)/b7-3+. The topological polar surface area (TPSA) is 103 Å². The van der Waals surface area contributed by atoms with E-state index < -0.39 is 10.9 Å². The van der Waals surface area contributed by atoms with E-state index in [1.165, 1.54) is 6.08 Å². The van der Waals surface area contributed by atoms with Gasteiger partial charge < -0.3 is 9.84 Å². The Morgan fingerprint density at radius 1 is 1.15 bits per heavy atom. The molecule has 7 nitrogen and oxygen atoms in total. The van der Waals surface area contributed by atoms with Crippen molar-refractivity contribution in [3.05, 3.63) is 75.6 Å². The lowest BCUT2D eigenvalue weighted by atomic mass is 10.1. The Hall–Kier alpha value is -3.74. The summed E-state index contributed by atoms with van der Waals surface area (Å²) in [4.78, 5) is 25.3. The number of nitrogens with zero attached hydrogens (tertiary/aromatic N) is 2. The quantitative estimate of drug-likeness (QED) is 0.551. The molecular weight excluding hydrogens is 336 g/mol. The number of hydrogen-bond donors (Lipinski definition) is 1. The van der Waals surface area contributed by atoms with Crippen LogP contribution in [0.5, 0.6) is 5.75 Å². The summed E-state index contributed by atoms with van der Waals surface area (Å²) >= 11 is 0. The van der Waals surface area contributed by atoms with E-state index in [0.717, 1.165) is 34.3 Å². The first-order chi connectivity index (χ1) is 12.5. The summed E-state index contributed by atoms with van der Waals surface area (Å²) in [7, 11) is 1.61. The molecule has 130 valence electrons. The maximum absolute atomic E-state index is 11.3. The van der Waals surface area contributed by atoms with Gasteiger partial charge in [0.25, 0.3) is 5.69 Å². The number of ether oxygens (including phenoxy) is 1. The number of benzene rings is 2. The number of carboxylic acid groups (broad SMARTS) is 1. The first-order valence-electron chi connectivity index (χ1n) is 7.61. The van der Waals surface area contributed by atoms with Crippen LogP contribution in [0.3, 0.4) is 0 Å². The molecule has 0 saturated carbocycles. The second-order valence-electron chi connectivity index (χ2n) is 5.49. The Morgan fingerprint density at radius 3 is 2.58 bits per heavy atom. The van der Waals surface area contributed by atoms with Crippen molar-refractivity contribution >= 4 is 34.6 Å². The van der Waals surface area contributed by atoms with Crippen molar-refractivity contribution in [3.63, 3.8) is 0 Å². The minimum absolute atomic E-state index is 0.151.